The average molecular weight is 302 g/mol. The number of carbonyl (C=O) groups is 1. The van der Waals surface area contributed by atoms with Crippen molar-refractivity contribution in [3.05, 3.63) is 59.9 Å². The number of rotatable bonds is 5. The van der Waals surface area contributed by atoms with E-state index in [9.17, 15) is 9.18 Å². The van der Waals surface area contributed by atoms with Crippen LogP contribution in [-0.2, 0) is 11.3 Å². The smallest absolute Gasteiger partial charge is 0.244 e. The third kappa shape index (κ3) is 3.65. The van der Waals surface area contributed by atoms with Crippen LogP contribution in [0.2, 0.25) is 0 Å². The first-order valence-corrected chi connectivity index (χ1v) is 6.91. The molecule has 5 nitrogen and oxygen atoms in total. The van der Waals surface area contributed by atoms with E-state index in [4.69, 9.17) is 0 Å². The molecule has 0 aliphatic carbocycles. The van der Waals surface area contributed by atoms with Crippen LogP contribution in [0, 0.1) is 5.82 Å². The number of benzene rings is 1. The highest BCUT2D eigenvalue weighted by Crippen LogP contribution is 2.23. The second-order valence-corrected chi connectivity index (χ2v) is 5.28. The molecule has 1 aromatic heterocycles. The predicted octanol–water partition coefficient (Wildman–Crippen LogP) is 1.88. The summed E-state index contributed by atoms with van der Waals surface area (Å²) in [7, 11) is 5.19. The Morgan fingerprint density at radius 2 is 1.95 bits per heavy atom. The van der Waals surface area contributed by atoms with Gasteiger partial charge >= 0.3 is 0 Å². The zero-order valence-corrected chi connectivity index (χ0v) is 12.9. The lowest BCUT2D eigenvalue weighted by Crippen LogP contribution is -2.38. The summed E-state index contributed by atoms with van der Waals surface area (Å²) in [4.78, 5) is 24.1. The van der Waals surface area contributed by atoms with Gasteiger partial charge in [0.2, 0.25) is 5.91 Å². The van der Waals surface area contributed by atoms with Crippen LogP contribution in [-0.4, -0.2) is 46.8 Å². The van der Waals surface area contributed by atoms with Crippen LogP contribution in [0.25, 0.3) is 0 Å². The van der Waals surface area contributed by atoms with Gasteiger partial charge in [0.05, 0.1) is 18.4 Å². The SMILES string of the molecule is CN(Cc1cnccn1)C(=O)[C@@H](c1ccccc1F)N(C)C. The molecule has 2 rings (SSSR count). The van der Waals surface area contributed by atoms with Crippen molar-refractivity contribution < 1.29 is 9.18 Å². The highest BCUT2D eigenvalue weighted by Gasteiger charge is 2.28. The van der Waals surface area contributed by atoms with E-state index in [0.29, 0.717) is 17.8 Å². The summed E-state index contributed by atoms with van der Waals surface area (Å²) in [6.45, 7) is 0.325. The highest BCUT2D eigenvalue weighted by atomic mass is 19.1. The standard InChI is InChI=1S/C16H19FN4O/c1-20(2)15(13-6-4-5-7-14(13)17)16(22)21(3)11-12-10-18-8-9-19-12/h4-10,15H,11H2,1-3H3/t15-/m1/s1. The fourth-order valence-electron chi connectivity index (χ4n) is 2.27. The normalized spacial score (nSPS) is 12.2. The highest BCUT2D eigenvalue weighted by molar-refractivity contribution is 5.83. The first kappa shape index (κ1) is 16.0. The third-order valence-electron chi connectivity index (χ3n) is 3.34. The first-order chi connectivity index (χ1) is 10.5. The molecule has 116 valence electrons. The van der Waals surface area contributed by atoms with Gasteiger partial charge in [-0.2, -0.15) is 0 Å². The molecule has 0 radical (unpaired) electrons. The van der Waals surface area contributed by atoms with E-state index in [-0.39, 0.29) is 11.7 Å². The maximum atomic E-state index is 14.0. The lowest BCUT2D eigenvalue weighted by atomic mass is 10.0. The van der Waals surface area contributed by atoms with Crippen molar-refractivity contribution in [2.45, 2.75) is 12.6 Å². The van der Waals surface area contributed by atoms with Crippen LogP contribution in [0.5, 0.6) is 0 Å². The summed E-state index contributed by atoms with van der Waals surface area (Å²) in [5.41, 5.74) is 1.05. The van der Waals surface area contributed by atoms with Crippen molar-refractivity contribution in [1.29, 1.82) is 0 Å². The Bertz CT molecular complexity index is 633. The van der Waals surface area contributed by atoms with E-state index >= 15 is 0 Å². The first-order valence-electron chi connectivity index (χ1n) is 6.91. The summed E-state index contributed by atoms with van der Waals surface area (Å²) in [6, 6.07) is 5.66. The Morgan fingerprint density at radius 3 is 2.55 bits per heavy atom. The van der Waals surface area contributed by atoms with Gasteiger partial charge < -0.3 is 4.90 Å². The molecule has 1 aromatic carbocycles. The van der Waals surface area contributed by atoms with Gasteiger partial charge in [0.25, 0.3) is 0 Å². The molecular weight excluding hydrogens is 283 g/mol. The molecule has 0 aliphatic rings. The number of hydrogen-bond acceptors (Lipinski definition) is 4. The second kappa shape index (κ2) is 7.09. The molecule has 0 unspecified atom stereocenters. The second-order valence-electron chi connectivity index (χ2n) is 5.28. The van der Waals surface area contributed by atoms with Gasteiger partial charge in [-0.05, 0) is 20.2 Å². The van der Waals surface area contributed by atoms with E-state index in [2.05, 4.69) is 9.97 Å². The Hall–Kier alpha value is -2.34. The van der Waals surface area contributed by atoms with Gasteiger partial charge in [-0.3, -0.25) is 19.7 Å². The molecule has 0 bridgehead atoms. The fourth-order valence-corrected chi connectivity index (χ4v) is 2.27. The zero-order valence-electron chi connectivity index (χ0n) is 12.9. The zero-order chi connectivity index (χ0) is 16.1. The van der Waals surface area contributed by atoms with Gasteiger partial charge in [0.1, 0.15) is 11.9 Å². The van der Waals surface area contributed by atoms with Gasteiger partial charge in [-0.25, -0.2) is 4.39 Å². The summed E-state index contributed by atoms with van der Waals surface area (Å²) >= 11 is 0. The summed E-state index contributed by atoms with van der Waals surface area (Å²) < 4.78 is 14.0. The van der Waals surface area contributed by atoms with Crippen molar-refractivity contribution in [2.75, 3.05) is 21.1 Å². The molecule has 0 saturated heterocycles. The average Bonchev–Trinajstić information content (AvgIpc) is 2.50. The molecule has 0 spiro atoms. The molecule has 0 fully saturated rings. The van der Waals surface area contributed by atoms with Crippen molar-refractivity contribution >= 4 is 5.91 Å². The van der Waals surface area contributed by atoms with Crippen molar-refractivity contribution in [3.63, 3.8) is 0 Å². The number of hydrogen-bond donors (Lipinski definition) is 0. The van der Waals surface area contributed by atoms with E-state index in [1.807, 2.05) is 0 Å². The van der Waals surface area contributed by atoms with E-state index in [1.165, 1.54) is 11.0 Å². The van der Waals surface area contributed by atoms with Crippen LogP contribution in [0.15, 0.2) is 42.9 Å². The Labute approximate surface area is 129 Å². The summed E-state index contributed by atoms with van der Waals surface area (Å²) in [5.74, 6) is -0.580. The lowest BCUT2D eigenvalue weighted by Gasteiger charge is -2.28. The van der Waals surface area contributed by atoms with Crippen molar-refractivity contribution in [1.82, 2.24) is 19.8 Å². The largest absolute Gasteiger partial charge is 0.338 e. The van der Waals surface area contributed by atoms with Gasteiger partial charge in [0, 0.05) is 25.0 Å². The van der Waals surface area contributed by atoms with E-state index in [0.717, 1.165) is 0 Å². The monoisotopic (exact) mass is 302 g/mol. The number of amides is 1. The summed E-state index contributed by atoms with van der Waals surface area (Å²) in [6.07, 6.45) is 4.76. The van der Waals surface area contributed by atoms with Crippen LogP contribution >= 0.6 is 0 Å². The molecule has 0 saturated carbocycles. The van der Waals surface area contributed by atoms with Gasteiger partial charge in [-0.1, -0.05) is 18.2 Å². The lowest BCUT2D eigenvalue weighted by molar-refractivity contribution is -0.135. The number of nitrogens with zero attached hydrogens (tertiary/aromatic N) is 4. The minimum Gasteiger partial charge on any atom is -0.338 e. The molecule has 0 aliphatic heterocycles. The van der Waals surface area contributed by atoms with Crippen LogP contribution < -0.4 is 0 Å². The molecule has 1 amide bonds. The third-order valence-corrected chi connectivity index (χ3v) is 3.34. The minimum absolute atomic E-state index is 0.194. The maximum Gasteiger partial charge on any atom is 0.244 e. The van der Waals surface area contributed by atoms with Crippen LogP contribution in [0.4, 0.5) is 4.39 Å². The van der Waals surface area contributed by atoms with E-state index < -0.39 is 6.04 Å². The minimum atomic E-state index is -0.678. The molecule has 6 heteroatoms. The quantitative estimate of drug-likeness (QED) is 0.846. The Kier molecular flexibility index (Phi) is 5.16. The van der Waals surface area contributed by atoms with Gasteiger partial charge in [0.15, 0.2) is 0 Å². The number of carbonyl (C=O) groups excluding carboxylic acids is 1. The Morgan fingerprint density at radius 1 is 1.23 bits per heavy atom. The predicted molar refractivity (Wildman–Crippen MR) is 81.3 cm³/mol. The molecule has 0 N–H and O–H groups in total. The van der Waals surface area contributed by atoms with Gasteiger partial charge in [-0.15, -0.1) is 0 Å². The number of aromatic nitrogens is 2. The molecule has 1 heterocycles. The number of halogens is 1. The van der Waals surface area contributed by atoms with Crippen LogP contribution in [0.1, 0.15) is 17.3 Å². The Balaban J connectivity index is 2.22. The number of likely N-dealkylation sites (N-methyl/N-ethyl adjacent to an activating group) is 2. The topological polar surface area (TPSA) is 49.3 Å². The van der Waals surface area contributed by atoms with Crippen LogP contribution in [0.3, 0.4) is 0 Å². The maximum absolute atomic E-state index is 14.0. The molecule has 22 heavy (non-hydrogen) atoms. The van der Waals surface area contributed by atoms with Crippen molar-refractivity contribution in [2.24, 2.45) is 0 Å². The van der Waals surface area contributed by atoms with E-state index in [1.54, 1.807) is 62.8 Å². The fraction of sp³-hybridized carbons (Fsp3) is 0.312. The molecule has 1 atom stereocenters. The summed E-state index contributed by atoms with van der Waals surface area (Å²) in [5, 5.41) is 0. The molecular formula is C16H19FN4O. The molecule has 2 aromatic rings. The van der Waals surface area contributed by atoms with Crippen molar-refractivity contribution in [3.8, 4) is 0 Å².